The second kappa shape index (κ2) is 9.37. The maximum Gasteiger partial charge on any atom is 0.349 e. The second-order valence-corrected chi connectivity index (χ2v) is 6.48. The molecule has 1 aromatic carbocycles. The number of carboxylic acids is 1. The van der Waals surface area contributed by atoms with Gasteiger partial charge in [-0.1, -0.05) is 6.07 Å². The number of esters is 2. The Bertz CT molecular complexity index is 856. The first-order valence-corrected chi connectivity index (χ1v) is 9.04. The summed E-state index contributed by atoms with van der Waals surface area (Å²) in [7, 11) is 0. The number of benzene rings is 1. The molecule has 1 aliphatic heterocycles. The van der Waals surface area contributed by atoms with E-state index >= 15 is 0 Å². The normalized spacial score (nSPS) is 14.2. The van der Waals surface area contributed by atoms with Crippen LogP contribution in [0.1, 0.15) is 29.8 Å². The molecule has 2 rings (SSSR count). The van der Waals surface area contributed by atoms with Gasteiger partial charge in [-0.3, -0.25) is 19.2 Å². The maximum absolute atomic E-state index is 13.1. The minimum absolute atomic E-state index is 0.0346. The Morgan fingerprint density at radius 3 is 2.34 bits per heavy atom. The largest absolute Gasteiger partial charge is 0.478 e. The van der Waals surface area contributed by atoms with Crippen LogP contribution in [0.25, 0.3) is 0 Å². The summed E-state index contributed by atoms with van der Waals surface area (Å²) >= 11 is 5.79. The Morgan fingerprint density at radius 1 is 1.17 bits per heavy atom. The molecule has 0 saturated carbocycles. The molecular formula is C18H19ClN2O8. The van der Waals surface area contributed by atoms with Gasteiger partial charge in [-0.2, -0.15) is 0 Å². The minimum Gasteiger partial charge on any atom is -0.478 e. The highest BCUT2D eigenvalue weighted by Crippen LogP contribution is 2.25. The minimum atomic E-state index is -2.06. The smallest absolute Gasteiger partial charge is 0.349 e. The van der Waals surface area contributed by atoms with Gasteiger partial charge in [-0.25, -0.2) is 4.79 Å². The molecule has 1 aromatic rings. The first kappa shape index (κ1) is 22.2. The Labute approximate surface area is 170 Å². The van der Waals surface area contributed by atoms with Crippen molar-refractivity contribution in [2.75, 3.05) is 17.3 Å². The summed E-state index contributed by atoms with van der Waals surface area (Å²) in [5.41, 5.74) is 1.33. The molecule has 11 heteroatoms. The maximum atomic E-state index is 13.1. The Morgan fingerprint density at radius 2 is 1.79 bits per heavy atom. The van der Waals surface area contributed by atoms with Crippen LogP contribution in [0.3, 0.4) is 0 Å². The third-order valence-corrected chi connectivity index (χ3v) is 4.18. The summed E-state index contributed by atoms with van der Waals surface area (Å²) in [6.07, 6.45) is -4.00. The zero-order valence-electron chi connectivity index (χ0n) is 15.6. The lowest BCUT2D eigenvalue weighted by Gasteiger charge is -2.29. The Kier molecular flexibility index (Phi) is 7.16. The standard InChI is InChI=1S/C18H19ClN2O8/c1-9(22)28-14(15(18(26)27)29-10(2)23)17(25)21(6-5-19)12-4-3-11-8-20-16(24)13(11)7-12/h3-4,7,14-15H,5-6,8H2,1-2H3,(H,20,24)(H,26,27)/t14-,15-/m1/s1. The van der Waals surface area contributed by atoms with Crippen LogP contribution in [0.5, 0.6) is 0 Å². The molecule has 1 heterocycles. The molecule has 0 unspecified atom stereocenters. The highest BCUT2D eigenvalue weighted by Gasteiger charge is 2.42. The van der Waals surface area contributed by atoms with Crippen LogP contribution in [-0.4, -0.2) is 59.5 Å². The summed E-state index contributed by atoms with van der Waals surface area (Å²) in [5.74, 6) is -4.90. The predicted molar refractivity (Wildman–Crippen MR) is 99.4 cm³/mol. The SMILES string of the molecule is CC(=O)O[C@@H](C(=O)O)[C@@H](OC(C)=O)C(=O)N(CCCl)c1ccc2c(c1)C(=O)NC2. The van der Waals surface area contributed by atoms with Crippen molar-refractivity contribution >= 4 is 47.0 Å². The number of carbonyl (C=O) groups is 5. The summed E-state index contributed by atoms with van der Waals surface area (Å²) in [5, 5.41) is 12.0. The van der Waals surface area contributed by atoms with Gasteiger partial charge < -0.3 is 24.8 Å². The molecule has 2 N–H and O–H groups in total. The number of hydrogen-bond acceptors (Lipinski definition) is 7. The number of nitrogens with zero attached hydrogens (tertiary/aromatic N) is 1. The van der Waals surface area contributed by atoms with Gasteiger partial charge in [0.1, 0.15) is 0 Å². The fraction of sp³-hybridized carbons (Fsp3) is 0.389. The molecule has 156 valence electrons. The van der Waals surface area contributed by atoms with Gasteiger partial charge in [0, 0.05) is 44.1 Å². The van der Waals surface area contributed by atoms with E-state index < -0.39 is 36.0 Å². The molecule has 0 saturated heterocycles. The van der Waals surface area contributed by atoms with Crippen molar-refractivity contribution in [2.45, 2.75) is 32.6 Å². The van der Waals surface area contributed by atoms with Gasteiger partial charge in [0.2, 0.25) is 12.2 Å². The van der Waals surface area contributed by atoms with Crippen molar-refractivity contribution in [1.29, 1.82) is 0 Å². The van der Waals surface area contributed by atoms with Gasteiger partial charge in [0.25, 0.3) is 11.8 Å². The number of alkyl halides is 1. The zero-order chi connectivity index (χ0) is 21.7. The number of carboxylic acid groups (broad SMARTS) is 1. The lowest BCUT2D eigenvalue weighted by Crippen LogP contribution is -2.52. The molecule has 2 atom stereocenters. The Balaban J connectivity index is 2.45. The molecule has 0 radical (unpaired) electrons. The van der Waals surface area contributed by atoms with E-state index in [9.17, 15) is 29.1 Å². The van der Waals surface area contributed by atoms with E-state index in [0.717, 1.165) is 24.3 Å². The number of aliphatic carboxylic acids is 1. The van der Waals surface area contributed by atoms with E-state index in [1.54, 1.807) is 12.1 Å². The number of amides is 2. The fourth-order valence-electron chi connectivity index (χ4n) is 2.81. The van der Waals surface area contributed by atoms with Crippen molar-refractivity contribution in [3.63, 3.8) is 0 Å². The van der Waals surface area contributed by atoms with Crippen molar-refractivity contribution in [3.8, 4) is 0 Å². The van der Waals surface area contributed by atoms with Gasteiger partial charge in [-0.05, 0) is 17.7 Å². The molecule has 0 spiro atoms. The number of rotatable bonds is 8. The molecule has 0 bridgehead atoms. The van der Waals surface area contributed by atoms with Crippen LogP contribution in [0.2, 0.25) is 0 Å². The third kappa shape index (κ3) is 5.23. The van der Waals surface area contributed by atoms with E-state index in [0.29, 0.717) is 12.1 Å². The fourth-order valence-corrected chi connectivity index (χ4v) is 2.98. The van der Waals surface area contributed by atoms with Crippen molar-refractivity contribution < 1.29 is 38.6 Å². The molecule has 0 aliphatic carbocycles. The number of fused-ring (bicyclic) bond motifs is 1. The molecule has 0 aromatic heterocycles. The lowest BCUT2D eigenvalue weighted by molar-refractivity contribution is -0.180. The summed E-state index contributed by atoms with van der Waals surface area (Å²) < 4.78 is 9.58. The van der Waals surface area contributed by atoms with E-state index in [2.05, 4.69) is 5.32 Å². The van der Waals surface area contributed by atoms with Gasteiger partial charge in [-0.15, -0.1) is 11.6 Å². The number of nitrogens with one attached hydrogen (secondary N) is 1. The molecule has 0 fully saturated rings. The number of hydrogen-bond donors (Lipinski definition) is 2. The first-order chi connectivity index (χ1) is 13.6. The van der Waals surface area contributed by atoms with Crippen LogP contribution < -0.4 is 10.2 Å². The molecule has 29 heavy (non-hydrogen) atoms. The van der Waals surface area contributed by atoms with E-state index in [1.807, 2.05) is 0 Å². The third-order valence-electron chi connectivity index (χ3n) is 4.01. The van der Waals surface area contributed by atoms with Crippen molar-refractivity contribution in [1.82, 2.24) is 5.32 Å². The second-order valence-electron chi connectivity index (χ2n) is 6.10. The lowest BCUT2D eigenvalue weighted by atomic mass is 10.1. The number of anilines is 1. The molecule has 10 nitrogen and oxygen atoms in total. The first-order valence-electron chi connectivity index (χ1n) is 8.51. The summed E-state index contributed by atoms with van der Waals surface area (Å²) in [4.78, 5) is 60.4. The van der Waals surface area contributed by atoms with Crippen LogP contribution in [-0.2, 0) is 35.2 Å². The van der Waals surface area contributed by atoms with Crippen LogP contribution in [0, 0.1) is 0 Å². The molecule has 2 amide bonds. The molecule has 1 aliphatic rings. The van der Waals surface area contributed by atoms with E-state index in [4.69, 9.17) is 21.1 Å². The molecular weight excluding hydrogens is 408 g/mol. The van der Waals surface area contributed by atoms with Gasteiger partial charge in [0.05, 0.1) is 0 Å². The van der Waals surface area contributed by atoms with E-state index in [1.165, 1.54) is 6.07 Å². The monoisotopic (exact) mass is 426 g/mol. The van der Waals surface area contributed by atoms with Crippen LogP contribution in [0.15, 0.2) is 18.2 Å². The van der Waals surface area contributed by atoms with Crippen molar-refractivity contribution in [2.24, 2.45) is 0 Å². The quantitative estimate of drug-likeness (QED) is 0.451. The Hall–Kier alpha value is -3.14. The van der Waals surface area contributed by atoms with Gasteiger partial charge >= 0.3 is 17.9 Å². The van der Waals surface area contributed by atoms with E-state index in [-0.39, 0.29) is 24.0 Å². The highest BCUT2D eigenvalue weighted by atomic mass is 35.5. The average molecular weight is 427 g/mol. The average Bonchev–Trinajstić information content (AvgIpc) is 3.02. The summed E-state index contributed by atoms with van der Waals surface area (Å²) in [6, 6.07) is 4.64. The topological polar surface area (TPSA) is 139 Å². The van der Waals surface area contributed by atoms with Crippen LogP contribution in [0.4, 0.5) is 5.69 Å². The van der Waals surface area contributed by atoms with Crippen molar-refractivity contribution in [3.05, 3.63) is 29.3 Å². The predicted octanol–water partition coefficient (Wildman–Crippen LogP) is 0.450. The number of halogens is 1. The van der Waals surface area contributed by atoms with Crippen LogP contribution >= 0.6 is 11.6 Å². The number of carbonyl (C=O) groups excluding carboxylic acids is 4. The zero-order valence-corrected chi connectivity index (χ0v) is 16.4. The van der Waals surface area contributed by atoms with Gasteiger partial charge in [0.15, 0.2) is 0 Å². The number of ether oxygens (including phenoxy) is 2. The highest BCUT2D eigenvalue weighted by molar-refractivity contribution is 6.18. The summed E-state index contributed by atoms with van der Waals surface area (Å²) in [6.45, 7) is 2.21.